The lowest BCUT2D eigenvalue weighted by atomic mass is 10.0. The van der Waals surface area contributed by atoms with Gasteiger partial charge in [0.05, 0.1) is 0 Å². The van der Waals surface area contributed by atoms with Gasteiger partial charge in [0.2, 0.25) is 0 Å². The van der Waals surface area contributed by atoms with Crippen LogP contribution >= 0.6 is 11.6 Å². The van der Waals surface area contributed by atoms with Crippen molar-refractivity contribution in [3.05, 3.63) is 70.8 Å². The molecule has 3 heteroatoms. The number of hydrogen-bond acceptors (Lipinski definition) is 1. The fourth-order valence-electron chi connectivity index (χ4n) is 2.30. The van der Waals surface area contributed by atoms with Crippen LogP contribution in [0.4, 0.5) is 0 Å². The third kappa shape index (κ3) is 4.08. The number of hydrogen-bond donors (Lipinski definition) is 1. The molecule has 0 aliphatic heterocycles. The van der Waals surface area contributed by atoms with Crippen LogP contribution in [-0.4, -0.2) is 17.8 Å². The fraction of sp³-hybridized carbons (Fsp3) is 0.278. The predicted molar refractivity (Wildman–Crippen MR) is 88.0 cm³/mol. The molecule has 110 valence electrons. The smallest absolute Gasteiger partial charge is 0.251 e. The summed E-state index contributed by atoms with van der Waals surface area (Å²) in [6.07, 6.45) is 0.737. The van der Waals surface area contributed by atoms with E-state index in [9.17, 15) is 4.79 Å². The largest absolute Gasteiger partial charge is 0.348 e. The predicted octanol–water partition coefficient (Wildman–Crippen LogP) is 3.88. The summed E-state index contributed by atoms with van der Waals surface area (Å²) in [6.45, 7) is 3.98. The minimum Gasteiger partial charge on any atom is -0.348 e. The number of carbonyl (C=O) groups is 1. The SMILES string of the molecule is Cc1cccc(C(=O)NC(CCl)Cc2ccccc2)c1C. The van der Waals surface area contributed by atoms with E-state index in [4.69, 9.17) is 11.6 Å². The van der Waals surface area contributed by atoms with E-state index < -0.39 is 0 Å². The number of nitrogens with one attached hydrogen (secondary N) is 1. The van der Waals surface area contributed by atoms with Crippen LogP contribution in [0, 0.1) is 13.8 Å². The Morgan fingerprint density at radius 2 is 1.81 bits per heavy atom. The number of amides is 1. The molecular weight excluding hydrogens is 282 g/mol. The number of halogens is 1. The second-order valence-corrected chi connectivity index (χ2v) is 5.57. The van der Waals surface area contributed by atoms with Crippen LogP contribution in [0.3, 0.4) is 0 Å². The quantitative estimate of drug-likeness (QED) is 0.834. The Balaban J connectivity index is 2.08. The number of rotatable bonds is 5. The summed E-state index contributed by atoms with van der Waals surface area (Å²) in [5, 5.41) is 3.03. The van der Waals surface area contributed by atoms with Gasteiger partial charge in [-0.25, -0.2) is 0 Å². The van der Waals surface area contributed by atoms with Crippen molar-refractivity contribution in [2.24, 2.45) is 0 Å². The summed E-state index contributed by atoms with van der Waals surface area (Å²) in [6, 6.07) is 15.8. The average Bonchev–Trinajstić information content (AvgIpc) is 2.50. The zero-order valence-electron chi connectivity index (χ0n) is 12.4. The molecule has 2 nitrogen and oxygen atoms in total. The molecule has 0 aliphatic carbocycles. The van der Waals surface area contributed by atoms with Gasteiger partial charge in [0, 0.05) is 17.5 Å². The molecule has 0 saturated carbocycles. The summed E-state index contributed by atoms with van der Waals surface area (Å²) >= 11 is 6.01. The summed E-state index contributed by atoms with van der Waals surface area (Å²) < 4.78 is 0. The molecule has 0 fully saturated rings. The maximum atomic E-state index is 12.4. The van der Waals surface area contributed by atoms with E-state index in [-0.39, 0.29) is 11.9 Å². The Morgan fingerprint density at radius 3 is 2.48 bits per heavy atom. The van der Waals surface area contributed by atoms with Gasteiger partial charge in [0.25, 0.3) is 5.91 Å². The van der Waals surface area contributed by atoms with Crippen molar-refractivity contribution >= 4 is 17.5 Å². The number of carbonyl (C=O) groups excluding carboxylic acids is 1. The Bertz CT molecular complexity index is 610. The second kappa shape index (κ2) is 7.28. The van der Waals surface area contributed by atoms with Crippen LogP contribution in [-0.2, 0) is 6.42 Å². The van der Waals surface area contributed by atoms with Gasteiger partial charge in [0.15, 0.2) is 0 Å². The Kier molecular flexibility index (Phi) is 5.40. The third-order valence-corrected chi connectivity index (χ3v) is 4.07. The Morgan fingerprint density at radius 1 is 1.10 bits per heavy atom. The van der Waals surface area contributed by atoms with Crippen molar-refractivity contribution in [2.45, 2.75) is 26.3 Å². The molecule has 0 radical (unpaired) electrons. The highest BCUT2D eigenvalue weighted by Crippen LogP contribution is 2.13. The summed E-state index contributed by atoms with van der Waals surface area (Å²) in [7, 11) is 0. The molecule has 0 spiro atoms. The van der Waals surface area contributed by atoms with Gasteiger partial charge in [-0.2, -0.15) is 0 Å². The van der Waals surface area contributed by atoms with E-state index in [0.717, 1.165) is 23.1 Å². The Hall–Kier alpha value is -1.80. The van der Waals surface area contributed by atoms with E-state index >= 15 is 0 Å². The van der Waals surface area contributed by atoms with Crippen LogP contribution < -0.4 is 5.32 Å². The molecule has 1 N–H and O–H groups in total. The molecule has 2 aromatic rings. The number of benzene rings is 2. The molecule has 0 heterocycles. The molecule has 2 rings (SSSR count). The molecular formula is C18H20ClNO. The van der Waals surface area contributed by atoms with Gasteiger partial charge in [-0.05, 0) is 43.0 Å². The molecule has 0 saturated heterocycles. The van der Waals surface area contributed by atoms with Crippen LogP contribution in [0.1, 0.15) is 27.0 Å². The van der Waals surface area contributed by atoms with E-state index in [1.807, 2.05) is 62.4 Å². The summed E-state index contributed by atoms with van der Waals surface area (Å²) in [5.41, 5.74) is 4.03. The highest BCUT2D eigenvalue weighted by atomic mass is 35.5. The van der Waals surface area contributed by atoms with E-state index in [1.165, 1.54) is 5.56 Å². The van der Waals surface area contributed by atoms with Crippen molar-refractivity contribution in [1.82, 2.24) is 5.32 Å². The maximum absolute atomic E-state index is 12.4. The minimum atomic E-state index is -0.0681. The molecule has 1 unspecified atom stereocenters. The molecule has 1 amide bonds. The Labute approximate surface area is 131 Å². The molecule has 0 aliphatic rings. The topological polar surface area (TPSA) is 29.1 Å². The molecule has 2 aromatic carbocycles. The standard InChI is InChI=1S/C18H20ClNO/c1-13-7-6-10-17(14(13)2)18(21)20-16(12-19)11-15-8-4-3-5-9-15/h3-10,16H,11-12H2,1-2H3,(H,20,21). The second-order valence-electron chi connectivity index (χ2n) is 5.26. The summed E-state index contributed by atoms with van der Waals surface area (Å²) in [5.74, 6) is 0.337. The average molecular weight is 302 g/mol. The summed E-state index contributed by atoms with van der Waals surface area (Å²) in [4.78, 5) is 12.4. The number of alkyl halides is 1. The van der Waals surface area contributed by atoms with Crippen LogP contribution in [0.25, 0.3) is 0 Å². The molecule has 0 bridgehead atoms. The van der Waals surface area contributed by atoms with Gasteiger partial charge >= 0.3 is 0 Å². The highest BCUT2D eigenvalue weighted by Gasteiger charge is 2.15. The van der Waals surface area contributed by atoms with Crippen molar-refractivity contribution in [3.63, 3.8) is 0 Å². The maximum Gasteiger partial charge on any atom is 0.251 e. The highest BCUT2D eigenvalue weighted by molar-refractivity contribution is 6.18. The number of aryl methyl sites for hydroxylation is 1. The van der Waals surface area contributed by atoms with Gasteiger partial charge in [-0.3, -0.25) is 4.79 Å². The first-order valence-electron chi connectivity index (χ1n) is 7.08. The fourth-order valence-corrected chi connectivity index (χ4v) is 2.49. The minimum absolute atomic E-state index is 0.0576. The van der Waals surface area contributed by atoms with Crippen LogP contribution in [0.5, 0.6) is 0 Å². The monoisotopic (exact) mass is 301 g/mol. The molecule has 1 atom stereocenters. The lowest BCUT2D eigenvalue weighted by Gasteiger charge is -2.17. The van der Waals surface area contributed by atoms with Crippen molar-refractivity contribution in [1.29, 1.82) is 0 Å². The lowest BCUT2D eigenvalue weighted by Crippen LogP contribution is -2.38. The van der Waals surface area contributed by atoms with Crippen molar-refractivity contribution in [2.75, 3.05) is 5.88 Å². The molecule has 0 aromatic heterocycles. The van der Waals surface area contributed by atoms with Crippen molar-refractivity contribution < 1.29 is 4.79 Å². The van der Waals surface area contributed by atoms with Gasteiger partial charge in [0.1, 0.15) is 0 Å². The molecule has 21 heavy (non-hydrogen) atoms. The normalized spacial score (nSPS) is 12.0. The third-order valence-electron chi connectivity index (χ3n) is 3.70. The van der Waals surface area contributed by atoms with Crippen LogP contribution in [0.15, 0.2) is 48.5 Å². The van der Waals surface area contributed by atoms with Gasteiger partial charge in [-0.15, -0.1) is 11.6 Å². The first-order valence-corrected chi connectivity index (χ1v) is 7.62. The van der Waals surface area contributed by atoms with E-state index in [1.54, 1.807) is 0 Å². The zero-order valence-corrected chi connectivity index (χ0v) is 13.2. The first-order chi connectivity index (χ1) is 10.1. The van der Waals surface area contributed by atoms with Crippen LogP contribution in [0.2, 0.25) is 0 Å². The first kappa shape index (κ1) is 15.6. The van der Waals surface area contributed by atoms with Gasteiger partial charge < -0.3 is 5.32 Å². The van der Waals surface area contributed by atoms with E-state index in [2.05, 4.69) is 5.32 Å². The van der Waals surface area contributed by atoms with Crippen molar-refractivity contribution in [3.8, 4) is 0 Å². The lowest BCUT2D eigenvalue weighted by molar-refractivity contribution is 0.0940. The van der Waals surface area contributed by atoms with Gasteiger partial charge in [-0.1, -0.05) is 42.5 Å². The van der Waals surface area contributed by atoms with E-state index in [0.29, 0.717) is 5.88 Å². The zero-order chi connectivity index (χ0) is 15.2.